The minimum absolute atomic E-state index is 0.156. The lowest BCUT2D eigenvalue weighted by Gasteiger charge is -2.06. The van der Waals surface area contributed by atoms with Crippen molar-refractivity contribution in [3.05, 3.63) is 22.3 Å². The Kier molecular flexibility index (Phi) is 4.25. The topological polar surface area (TPSA) is 24.9 Å². The Hall–Kier alpha value is -0.710. The summed E-state index contributed by atoms with van der Waals surface area (Å²) in [5.74, 6) is 0.631. The summed E-state index contributed by atoms with van der Waals surface area (Å²) in [4.78, 5) is 4.17. The van der Waals surface area contributed by atoms with Crippen molar-refractivity contribution in [1.82, 2.24) is 4.98 Å². The molecule has 0 aliphatic carbocycles. The van der Waals surface area contributed by atoms with Crippen LogP contribution in [-0.2, 0) is 0 Å². The number of aromatic nitrogens is 1. The van der Waals surface area contributed by atoms with Crippen molar-refractivity contribution in [1.29, 1.82) is 0 Å². The molecule has 0 unspecified atom stereocenters. The van der Waals surface area contributed by atoms with E-state index in [2.05, 4.69) is 26.2 Å². The molecule has 1 aromatic rings. The Bertz CT molecular complexity index is 305. The molecular weight excluding hydrogens is 254 g/mol. The smallest absolute Gasteiger partial charge is 0.240 e. The average Bonchev–Trinajstić information content (AvgIpc) is 2.10. The van der Waals surface area contributed by atoms with Gasteiger partial charge < -0.3 is 5.32 Å². The van der Waals surface area contributed by atoms with Crippen LogP contribution in [0.15, 0.2) is 16.6 Å². The quantitative estimate of drug-likeness (QED) is 0.904. The van der Waals surface area contributed by atoms with E-state index in [-0.39, 0.29) is 13.0 Å². The highest BCUT2D eigenvalue weighted by atomic mass is 79.9. The summed E-state index contributed by atoms with van der Waals surface area (Å²) in [6, 6.07) is 3.59. The number of rotatable bonds is 4. The third-order valence-electron chi connectivity index (χ3n) is 1.69. The van der Waals surface area contributed by atoms with Gasteiger partial charge in [-0.15, -0.1) is 0 Å². The normalized spacial score (nSPS) is 10.6. The molecule has 1 aromatic heterocycles. The molecule has 1 N–H and O–H groups in total. The number of anilines is 1. The van der Waals surface area contributed by atoms with Crippen LogP contribution in [0.4, 0.5) is 14.6 Å². The summed E-state index contributed by atoms with van der Waals surface area (Å²) in [5, 5.41) is 2.83. The molecule has 0 aliphatic rings. The van der Waals surface area contributed by atoms with Crippen molar-refractivity contribution in [2.75, 3.05) is 11.9 Å². The zero-order valence-corrected chi connectivity index (χ0v) is 9.31. The van der Waals surface area contributed by atoms with E-state index in [0.29, 0.717) is 5.82 Å². The third kappa shape index (κ3) is 3.57. The highest BCUT2D eigenvalue weighted by Crippen LogP contribution is 2.16. The molecule has 0 radical (unpaired) electrons. The Labute approximate surface area is 89.9 Å². The van der Waals surface area contributed by atoms with Gasteiger partial charge in [0.05, 0.1) is 5.69 Å². The minimum Gasteiger partial charge on any atom is -0.370 e. The van der Waals surface area contributed by atoms with Crippen molar-refractivity contribution < 1.29 is 8.78 Å². The van der Waals surface area contributed by atoms with E-state index in [9.17, 15) is 8.78 Å². The van der Waals surface area contributed by atoms with Gasteiger partial charge in [-0.1, -0.05) is 0 Å². The second kappa shape index (κ2) is 5.24. The Morgan fingerprint density at radius 3 is 2.79 bits per heavy atom. The number of nitrogens with one attached hydrogen (secondary N) is 1. The highest BCUT2D eigenvalue weighted by molar-refractivity contribution is 9.10. The summed E-state index contributed by atoms with van der Waals surface area (Å²) < 4.78 is 24.5. The molecule has 0 bridgehead atoms. The van der Waals surface area contributed by atoms with Crippen molar-refractivity contribution in [2.45, 2.75) is 19.8 Å². The monoisotopic (exact) mass is 264 g/mol. The van der Waals surface area contributed by atoms with Gasteiger partial charge in [-0.25, -0.2) is 13.8 Å². The lowest BCUT2D eigenvalue weighted by molar-refractivity contribution is 0.142. The van der Waals surface area contributed by atoms with Crippen LogP contribution >= 0.6 is 15.9 Å². The second-order valence-corrected chi connectivity index (χ2v) is 3.72. The molecule has 14 heavy (non-hydrogen) atoms. The zero-order valence-electron chi connectivity index (χ0n) is 7.73. The molecule has 0 aliphatic heterocycles. The number of pyridine rings is 1. The molecular formula is C9H11BrF2N2. The fourth-order valence-corrected chi connectivity index (χ4v) is 1.17. The molecule has 2 nitrogen and oxygen atoms in total. The van der Waals surface area contributed by atoms with Gasteiger partial charge in [0.25, 0.3) is 0 Å². The number of hydrogen-bond donors (Lipinski definition) is 1. The number of alkyl halides is 2. The van der Waals surface area contributed by atoms with Crippen LogP contribution in [0.25, 0.3) is 0 Å². The molecule has 0 atom stereocenters. The molecule has 0 amide bonds. The predicted molar refractivity (Wildman–Crippen MR) is 55.8 cm³/mol. The van der Waals surface area contributed by atoms with Gasteiger partial charge in [0.2, 0.25) is 6.43 Å². The highest BCUT2D eigenvalue weighted by Gasteiger charge is 2.02. The fraction of sp³-hybridized carbons (Fsp3) is 0.444. The molecule has 0 fully saturated rings. The lowest BCUT2D eigenvalue weighted by atomic mass is 10.3. The maximum absolute atomic E-state index is 11.8. The van der Waals surface area contributed by atoms with Gasteiger partial charge in [-0.2, -0.15) is 0 Å². The number of halogens is 3. The average molecular weight is 265 g/mol. The maximum Gasteiger partial charge on any atom is 0.240 e. The molecule has 0 saturated carbocycles. The van der Waals surface area contributed by atoms with Gasteiger partial charge in [-0.3, -0.25) is 0 Å². The molecule has 5 heteroatoms. The van der Waals surface area contributed by atoms with Crippen LogP contribution in [0.3, 0.4) is 0 Å². The first-order chi connectivity index (χ1) is 6.59. The van der Waals surface area contributed by atoms with Crippen molar-refractivity contribution >= 4 is 21.7 Å². The molecule has 0 aromatic carbocycles. The van der Waals surface area contributed by atoms with Gasteiger partial charge in [-0.05, 0) is 35.0 Å². The number of aryl methyl sites for hydroxylation is 1. The Morgan fingerprint density at radius 1 is 1.50 bits per heavy atom. The van der Waals surface area contributed by atoms with Crippen molar-refractivity contribution in [3.8, 4) is 0 Å². The van der Waals surface area contributed by atoms with Crippen LogP contribution < -0.4 is 5.32 Å². The van der Waals surface area contributed by atoms with Gasteiger partial charge >= 0.3 is 0 Å². The lowest BCUT2D eigenvalue weighted by Crippen LogP contribution is -2.07. The van der Waals surface area contributed by atoms with E-state index in [4.69, 9.17) is 0 Å². The van der Waals surface area contributed by atoms with Gasteiger partial charge in [0.1, 0.15) is 5.82 Å². The molecule has 1 rings (SSSR count). The zero-order chi connectivity index (χ0) is 10.6. The maximum atomic E-state index is 11.8. The van der Waals surface area contributed by atoms with E-state index in [1.807, 2.05) is 13.0 Å². The molecule has 0 saturated heterocycles. The first-order valence-electron chi connectivity index (χ1n) is 4.25. The first kappa shape index (κ1) is 11.4. The van der Waals surface area contributed by atoms with E-state index in [1.165, 1.54) is 0 Å². The van der Waals surface area contributed by atoms with E-state index in [1.54, 1.807) is 6.07 Å². The van der Waals surface area contributed by atoms with Crippen LogP contribution in [0.5, 0.6) is 0 Å². The summed E-state index contributed by atoms with van der Waals surface area (Å²) in [5.41, 5.74) is 0.840. The van der Waals surface area contributed by atoms with Crippen molar-refractivity contribution in [2.24, 2.45) is 0 Å². The number of nitrogens with zero attached hydrogens (tertiary/aromatic N) is 1. The largest absolute Gasteiger partial charge is 0.370 e. The van der Waals surface area contributed by atoms with E-state index in [0.717, 1.165) is 10.2 Å². The Morgan fingerprint density at radius 2 is 2.21 bits per heavy atom. The summed E-state index contributed by atoms with van der Waals surface area (Å²) in [6.07, 6.45) is -2.42. The fourth-order valence-electron chi connectivity index (χ4n) is 0.952. The van der Waals surface area contributed by atoms with Gasteiger partial charge in [0, 0.05) is 17.4 Å². The number of hydrogen-bond acceptors (Lipinski definition) is 2. The van der Waals surface area contributed by atoms with Gasteiger partial charge in [0.15, 0.2) is 0 Å². The molecule has 78 valence electrons. The van der Waals surface area contributed by atoms with Crippen LogP contribution in [0.1, 0.15) is 12.1 Å². The summed E-state index contributed by atoms with van der Waals surface area (Å²) >= 11 is 3.31. The molecule has 1 heterocycles. The summed E-state index contributed by atoms with van der Waals surface area (Å²) in [7, 11) is 0. The van der Waals surface area contributed by atoms with Crippen LogP contribution in [0, 0.1) is 6.92 Å². The van der Waals surface area contributed by atoms with E-state index >= 15 is 0 Å². The minimum atomic E-state index is -2.26. The SMILES string of the molecule is Cc1nc(NCCC(F)F)ccc1Br. The predicted octanol–water partition coefficient (Wildman–Crippen LogP) is 3.22. The second-order valence-electron chi connectivity index (χ2n) is 2.87. The van der Waals surface area contributed by atoms with Crippen molar-refractivity contribution in [3.63, 3.8) is 0 Å². The standard InChI is InChI=1S/C9H11BrF2N2/c1-6-7(10)2-3-9(14-6)13-5-4-8(11)12/h2-3,8H,4-5H2,1H3,(H,13,14). The first-order valence-corrected chi connectivity index (χ1v) is 5.04. The summed E-state index contributed by atoms with van der Waals surface area (Å²) in [6.45, 7) is 2.09. The third-order valence-corrected chi connectivity index (χ3v) is 2.53. The van der Waals surface area contributed by atoms with E-state index < -0.39 is 6.43 Å². The van der Waals surface area contributed by atoms with Crippen LogP contribution in [-0.4, -0.2) is 18.0 Å². The van der Waals surface area contributed by atoms with Crippen LogP contribution in [0.2, 0.25) is 0 Å². The molecule has 0 spiro atoms. The Balaban J connectivity index is 2.47.